The van der Waals surface area contributed by atoms with E-state index in [2.05, 4.69) is 10.0 Å². The van der Waals surface area contributed by atoms with Crippen molar-refractivity contribution in [2.45, 2.75) is 17.9 Å². The molecule has 1 aromatic heterocycles. The second-order valence-corrected chi connectivity index (χ2v) is 7.97. The number of carbonyl (C=O) groups is 1. The van der Waals surface area contributed by atoms with Crippen LogP contribution in [0.2, 0.25) is 10.0 Å². The maximum absolute atomic E-state index is 12.4. The van der Waals surface area contributed by atoms with Gasteiger partial charge in [-0.1, -0.05) is 29.3 Å². The second-order valence-electron chi connectivity index (χ2n) is 5.24. The standard InChI is InChI=1S/C15H17Cl2N3O3S/c1-9(12-5-4-10(16)6-13(12)17)19-15(21)14-7-11(8-20(14)3)24(22,23)18-2/h4-9,18H,1-3H3,(H,19,21). The predicted molar refractivity (Wildman–Crippen MR) is 94.0 cm³/mol. The summed E-state index contributed by atoms with van der Waals surface area (Å²) in [4.78, 5) is 12.5. The molecule has 0 saturated heterocycles. The highest BCUT2D eigenvalue weighted by atomic mass is 35.5. The molecule has 2 rings (SSSR count). The summed E-state index contributed by atoms with van der Waals surface area (Å²) in [6, 6.07) is 5.96. The van der Waals surface area contributed by atoms with Crippen LogP contribution in [0.1, 0.15) is 29.0 Å². The topological polar surface area (TPSA) is 80.2 Å². The van der Waals surface area contributed by atoms with E-state index in [0.717, 1.165) is 0 Å². The van der Waals surface area contributed by atoms with Gasteiger partial charge < -0.3 is 9.88 Å². The number of nitrogens with one attached hydrogen (secondary N) is 2. The molecule has 130 valence electrons. The molecule has 24 heavy (non-hydrogen) atoms. The molecule has 0 aliphatic rings. The summed E-state index contributed by atoms with van der Waals surface area (Å²) < 4.78 is 27.3. The molecule has 1 unspecified atom stereocenters. The van der Waals surface area contributed by atoms with Crippen LogP contribution in [0.5, 0.6) is 0 Å². The van der Waals surface area contributed by atoms with Crippen LogP contribution < -0.4 is 10.0 Å². The zero-order valence-corrected chi connectivity index (χ0v) is 15.6. The van der Waals surface area contributed by atoms with Gasteiger partial charge in [-0.05, 0) is 37.7 Å². The van der Waals surface area contributed by atoms with Gasteiger partial charge in [-0.2, -0.15) is 0 Å². The van der Waals surface area contributed by atoms with Crippen LogP contribution in [-0.4, -0.2) is 25.9 Å². The summed E-state index contributed by atoms with van der Waals surface area (Å²) in [5.41, 5.74) is 0.937. The van der Waals surface area contributed by atoms with Gasteiger partial charge >= 0.3 is 0 Å². The quantitative estimate of drug-likeness (QED) is 0.824. The van der Waals surface area contributed by atoms with E-state index < -0.39 is 15.9 Å². The molecule has 0 spiro atoms. The monoisotopic (exact) mass is 389 g/mol. The first-order chi connectivity index (χ1) is 11.2. The molecule has 1 heterocycles. The van der Waals surface area contributed by atoms with Crippen LogP contribution in [-0.2, 0) is 17.1 Å². The third-order valence-electron chi connectivity index (χ3n) is 3.57. The van der Waals surface area contributed by atoms with Gasteiger partial charge in [-0.15, -0.1) is 0 Å². The normalized spacial score (nSPS) is 12.9. The van der Waals surface area contributed by atoms with Gasteiger partial charge in [0.15, 0.2) is 0 Å². The molecule has 2 N–H and O–H groups in total. The van der Waals surface area contributed by atoms with E-state index >= 15 is 0 Å². The molecule has 0 bridgehead atoms. The first-order valence-corrected chi connectivity index (χ1v) is 9.25. The fourth-order valence-electron chi connectivity index (χ4n) is 2.23. The Bertz CT molecular complexity index is 878. The molecular weight excluding hydrogens is 373 g/mol. The lowest BCUT2D eigenvalue weighted by Gasteiger charge is -2.16. The van der Waals surface area contributed by atoms with Crippen LogP contribution in [0.3, 0.4) is 0 Å². The molecule has 0 radical (unpaired) electrons. The van der Waals surface area contributed by atoms with Crippen molar-refractivity contribution in [1.82, 2.24) is 14.6 Å². The molecule has 0 aliphatic carbocycles. The van der Waals surface area contributed by atoms with Crippen LogP contribution in [0.25, 0.3) is 0 Å². The van der Waals surface area contributed by atoms with Crippen molar-refractivity contribution in [2.24, 2.45) is 7.05 Å². The summed E-state index contributed by atoms with van der Waals surface area (Å²) in [5.74, 6) is -0.409. The minimum Gasteiger partial charge on any atom is -0.345 e. The summed E-state index contributed by atoms with van der Waals surface area (Å²) in [7, 11) is -0.699. The van der Waals surface area contributed by atoms with Gasteiger partial charge in [0.1, 0.15) is 10.6 Å². The lowest BCUT2D eigenvalue weighted by molar-refractivity contribution is 0.0931. The van der Waals surface area contributed by atoms with Crippen LogP contribution in [0.4, 0.5) is 0 Å². The highest BCUT2D eigenvalue weighted by molar-refractivity contribution is 7.89. The Morgan fingerprint density at radius 3 is 2.50 bits per heavy atom. The lowest BCUT2D eigenvalue weighted by atomic mass is 10.1. The number of benzene rings is 1. The third kappa shape index (κ3) is 3.92. The zero-order chi connectivity index (χ0) is 18.1. The first kappa shape index (κ1) is 18.8. The number of amides is 1. The lowest BCUT2D eigenvalue weighted by Crippen LogP contribution is -2.28. The average Bonchev–Trinajstić information content (AvgIpc) is 2.89. The van der Waals surface area contributed by atoms with Crippen molar-refractivity contribution in [2.75, 3.05) is 7.05 Å². The van der Waals surface area contributed by atoms with Gasteiger partial charge in [0, 0.05) is 23.3 Å². The molecule has 0 aliphatic heterocycles. The van der Waals surface area contributed by atoms with E-state index in [1.54, 1.807) is 32.2 Å². The minimum atomic E-state index is -3.61. The Kier molecular flexibility index (Phi) is 5.59. The molecular formula is C15H17Cl2N3O3S. The Morgan fingerprint density at radius 2 is 1.92 bits per heavy atom. The van der Waals surface area contributed by atoms with E-state index in [9.17, 15) is 13.2 Å². The minimum absolute atomic E-state index is 0.0230. The Hall–Kier alpha value is -1.54. The van der Waals surface area contributed by atoms with E-state index in [1.165, 1.54) is 23.9 Å². The van der Waals surface area contributed by atoms with E-state index in [1.807, 2.05) is 0 Å². The first-order valence-electron chi connectivity index (χ1n) is 7.01. The van der Waals surface area contributed by atoms with E-state index in [0.29, 0.717) is 15.6 Å². The van der Waals surface area contributed by atoms with Crippen molar-refractivity contribution in [3.05, 3.63) is 51.8 Å². The molecule has 1 aromatic carbocycles. The molecule has 0 fully saturated rings. The van der Waals surface area contributed by atoms with Gasteiger partial charge in [0.05, 0.1) is 6.04 Å². The second kappa shape index (κ2) is 7.14. The fraction of sp³-hybridized carbons (Fsp3) is 0.267. The summed E-state index contributed by atoms with van der Waals surface area (Å²) in [6.07, 6.45) is 1.38. The highest BCUT2D eigenvalue weighted by Gasteiger charge is 2.21. The number of sulfonamides is 1. The smallest absolute Gasteiger partial charge is 0.268 e. The van der Waals surface area contributed by atoms with E-state index in [-0.39, 0.29) is 16.6 Å². The summed E-state index contributed by atoms with van der Waals surface area (Å²) in [5, 5.41) is 3.75. The van der Waals surface area contributed by atoms with Crippen LogP contribution in [0, 0.1) is 0 Å². The van der Waals surface area contributed by atoms with Crippen LogP contribution >= 0.6 is 23.2 Å². The van der Waals surface area contributed by atoms with Crippen molar-refractivity contribution in [3.63, 3.8) is 0 Å². The maximum Gasteiger partial charge on any atom is 0.268 e. The molecule has 1 amide bonds. The molecule has 1 atom stereocenters. The Labute approximate surface area is 150 Å². The summed E-state index contributed by atoms with van der Waals surface area (Å²) >= 11 is 12.0. The number of hydrogen-bond acceptors (Lipinski definition) is 3. The molecule has 2 aromatic rings. The highest BCUT2D eigenvalue weighted by Crippen LogP contribution is 2.26. The predicted octanol–water partition coefficient (Wildman–Crippen LogP) is 2.73. The largest absolute Gasteiger partial charge is 0.345 e. The van der Waals surface area contributed by atoms with Gasteiger partial charge in [-0.3, -0.25) is 4.79 Å². The Morgan fingerprint density at radius 1 is 1.25 bits per heavy atom. The fourth-order valence-corrected chi connectivity index (χ4v) is 3.60. The zero-order valence-electron chi connectivity index (χ0n) is 13.3. The number of carbonyl (C=O) groups excluding carboxylic acids is 1. The molecule has 9 heteroatoms. The van der Waals surface area contributed by atoms with Crippen molar-refractivity contribution < 1.29 is 13.2 Å². The number of nitrogens with zero attached hydrogens (tertiary/aromatic N) is 1. The molecule has 0 saturated carbocycles. The van der Waals surface area contributed by atoms with Crippen molar-refractivity contribution in [3.8, 4) is 0 Å². The van der Waals surface area contributed by atoms with E-state index in [4.69, 9.17) is 23.2 Å². The van der Waals surface area contributed by atoms with Gasteiger partial charge in [-0.25, -0.2) is 13.1 Å². The van der Waals surface area contributed by atoms with Crippen molar-refractivity contribution in [1.29, 1.82) is 0 Å². The third-order valence-corrected chi connectivity index (χ3v) is 5.51. The SMILES string of the molecule is CNS(=O)(=O)c1cc(C(=O)NC(C)c2ccc(Cl)cc2Cl)n(C)c1. The van der Waals surface area contributed by atoms with Gasteiger partial charge in [0.25, 0.3) is 5.91 Å². The number of rotatable bonds is 5. The maximum atomic E-state index is 12.4. The number of halogens is 2. The van der Waals surface area contributed by atoms with Crippen LogP contribution in [0.15, 0.2) is 35.4 Å². The van der Waals surface area contributed by atoms with Crippen molar-refractivity contribution >= 4 is 39.1 Å². The average molecular weight is 390 g/mol. The number of hydrogen-bond donors (Lipinski definition) is 2. The molecule has 6 nitrogen and oxygen atoms in total. The Balaban J connectivity index is 2.24. The number of aromatic nitrogens is 1. The number of aryl methyl sites for hydroxylation is 1. The van der Waals surface area contributed by atoms with Gasteiger partial charge in [0.2, 0.25) is 10.0 Å². The summed E-state index contributed by atoms with van der Waals surface area (Å²) in [6.45, 7) is 1.78.